The van der Waals surface area contributed by atoms with Crippen LogP contribution in [0.15, 0.2) is 42.5 Å². The fraction of sp³-hybridized carbons (Fsp3) is 0.143. The number of hydrogen-bond acceptors (Lipinski definition) is 3. The second-order valence-electron chi connectivity index (χ2n) is 4.52. The van der Waals surface area contributed by atoms with Crippen LogP contribution in [-0.4, -0.2) is 14.7 Å². The molecule has 5 heteroatoms. The molecule has 3 N–H and O–H groups in total. The Kier molecular flexibility index (Phi) is 3.48. The van der Waals surface area contributed by atoms with E-state index in [4.69, 9.17) is 5.73 Å². The lowest BCUT2D eigenvalue weighted by atomic mass is 10.0. The lowest BCUT2D eigenvalue weighted by molar-refractivity contribution is 0.607. The number of hydrogen-bond donors (Lipinski definition) is 2. The van der Waals surface area contributed by atoms with Crippen molar-refractivity contribution in [1.82, 2.24) is 0 Å². The quantitative estimate of drug-likeness (QED) is 0.846. The van der Waals surface area contributed by atoms with E-state index in [0.717, 1.165) is 28.6 Å². The normalized spacial score (nSPS) is 11.3. The van der Waals surface area contributed by atoms with Crippen LogP contribution in [0.2, 0.25) is 0 Å². The SMILES string of the molecule is Cc1ccc(-c2ccc(NS(C)(=O)=O)cc2)cc1N. The van der Waals surface area contributed by atoms with Gasteiger partial charge in [0.2, 0.25) is 10.0 Å². The van der Waals surface area contributed by atoms with Gasteiger partial charge in [-0.05, 0) is 41.8 Å². The van der Waals surface area contributed by atoms with Crippen LogP contribution < -0.4 is 10.5 Å². The number of nitrogens with one attached hydrogen (secondary N) is 1. The highest BCUT2D eigenvalue weighted by Crippen LogP contribution is 2.25. The Hall–Kier alpha value is -2.01. The van der Waals surface area contributed by atoms with Crippen LogP contribution >= 0.6 is 0 Å². The van der Waals surface area contributed by atoms with Crippen molar-refractivity contribution in [2.24, 2.45) is 0 Å². The van der Waals surface area contributed by atoms with Crippen molar-refractivity contribution in [3.05, 3.63) is 48.0 Å². The Labute approximate surface area is 113 Å². The fourth-order valence-corrected chi connectivity index (χ4v) is 2.33. The third kappa shape index (κ3) is 3.48. The minimum absolute atomic E-state index is 0.548. The second kappa shape index (κ2) is 4.93. The molecule has 0 saturated carbocycles. The molecule has 4 nitrogen and oxygen atoms in total. The van der Waals surface area contributed by atoms with Crippen molar-refractivity contribution in [3.8, 4) is 11.1 Å². The molecule has 100 valence electrons. The molecule has 0 atom stereocenters. The van der Waals surface area contributed by atoms with Gasteiger partial charge in [0.05, 0.1) is 6.26 Å². The van der Waals surface area contributed by atoms with Crippen LogP contribution in [0.25, 0.3) is 11.1 Å². The highest BCUT2D eigenvalue weighted by atomic mass is 32.2. The lowest BCUT2D eigenvalue weighted by Gasteiger charge is -2.07. The number of nitrogens with two attached hydrogens (primary N) is 1. The van der Waals surface area contributed by atoms with Crippen LogP contribution in [0.5, 0.6) is 0 Å². The first-order valence-electron chi connectivity index (χ1n) is 5.79. The van der Waals surface area contributed by atoms with E-state index in [1.165, 1.54) is 0 Å². The summed E-state index contributed by atoms with van der Waals surface area (Å²) in [5.74, 6) is 0. The number of sulfonamides is 1. The molecule has 0 aliphatic rings. The number of anilines is 2. The van der Waals surface area contributed by atoms with Gasteiger partial charge in [-0.2, -0.15) is 0 Å². The van der Waals surface area contributed by atoms with Crippen molar-refractivity contribution >= 4 is 21.4 Å². The summed E-state index contributed by atoms with van der Waals surface area (Å²) in [4.78, 5) is 0. The van der Waals surface area contributed by atoms with Gasteiger partial charge >= 0.3 is 0 Å². The molecule has 0 aliphatic heterocycles. The van der Waals surface area contributed by atoms with Crippen molar-refractivity contribution < 1.29 is 8.42 Å². The third-order valence-electron chi connectivity index (χ3n) is 2.80. The third-order valence-corrected chi connectivity index (χ3v) is 3.41. The topological polar surface area (TPSA) is 72.2 Å². The Morgan fingerprint density at radius 3 is 2.11 bits per heavy atom. The summed E-state index contributed by atoms with van der Waals surface area (Å²) >= 11 is 0. The van der Waals surface area contributed by atoms with E-state index in [2.05, 4.69) is 4.72 Å². The lowest BCUT2D eigenvalue weighted by Crippen LogP contribution is -2.09. The molecule has 0 aliphatic carbocycles. The molecule has 0 saturated heterocycles. The molecule has 0 amide bonds. The molecule has 2 aromatic carbocycles. The van der Waals surface area contributed by atoms with E-state index in [0.29, 0.717) is 5.69 Å². The zero-order valence-electron chi connectivity index (χ0n) is 10.8. The van der Waals surface area contributed by atoms with Gasteiger partial charge in [0.25, 0.3) is 0 Å². The highest BCUT2D eigenvalue weighted by molar-refractivity contribution is 7.92. The predicted molar refractivity (Wildman–Crippen MR) is 79.5 cm³/mol. The molecule has 0 radical (unpaired) electrons. The van der Waals surface area contributed by atoms with Gasteiger partial charge in [0.15, 0.2) is 0 Å². The standard InChI is InChI=1S/C14H16N2O2S/c1-10-3-4-12(9-14(10)15)11-5-7-13(8-6-11)16-19(2,17)18/h3-9,16H,15H2,1-2H3. The molecule has 0 unspecified atom stereocenters. The Morgan fingerprint density at radius 2 is 1.58 bits per heavy atom. The zero-order valence-corrected chi connectivity index (χ0v) is 11.7. The van der Waals surface area contributed by atoms with Crippen LogP contribution in [-0.2, 0) is 10.0 Å². The predicted octanol–water partition coefficient (Wildman–Crippen LogP) is 2.62. The van der Waals surface area contributed by atoms with Crippen LogP contribution in [0.1, 0.15) is 5.56 Å². The van der Waals surface area contributed by atoms with E-state index in [1.54, 1.807) is 12.1 Å². The fourth-order valence-electron chi connectivity index (χ4n) is 1.76. The van der Waals surface area contributed by atoms with E-state index >= 15 is 0 Å². The van der Waals surface area contributed by atoms with Crippen molar-refractivity contribution in [2.45, 2.75) is 6.92 Å². The molecule has 19 heavy (non-hydrogen) atoms. The van der Waals surface area contributed by atoms with Crippen molar-refractivity contribution in [1.29, 1.82) is 0 Å². The van der Waals surface area contributed by atoms with Gasteiger partial charge < -0.3 is 5.73 Å². The molecule has 0 aromatic heterocycles. The number of rotatable bonds is 3. The zero-order chi connectivity index (χ0) is 14.0. The maximum atomic E-state index is 11.1. The molecular weight excluding hydrogens is 260 g/mol. The summed E-state index contributed by atoms with van der Waals surface area (Å²) in [7, 11) is -3.24. The van der Waals surface area contributed by atoms with E-state index in [1.807, 2.05) is 37.3 Å². The minimum Gasteiger partial charge on any atom is -0.398 e. The maximum Gasteiger partial charge on any atom is 0.229 e. The first-order chi connectivity index (χ1) is 8.85. The first-order valence-corrected chi connectivity index (χ1v) is 7.69. The van der Waals surface area contributed by atoms with Gasteiger partial charge in [-0.1, -0.05) is 24.3 Å². The molecule has 2 rings (SSSR count). The van der Waals surface area contributed by atoms with Crippen LogP contribution in [0.3, 0.4) is 0 Å². The number of benzene rings is 2. The highest BCUT2D eigenvalue weighted by Gasteiger charge is 2.03. The molecular formula is C14H16N2O2S. The Morgan fingerprint density at radius 1 is 1.00 bits per heavy atom. The number of nitrogen functional groups attached to an aromatic ring is 1. The summed E-state index contributed by atoms with van der Waals surface area (Å²) in [6.07, 6.45) is 1.13. The van der Waals surface area contributed by atoms with Gasteiger partial charge in [-0.3, -0.25) is 4.72 Å². The molecule has 2 aromatic rings. The second-order valence-corrected chi connectivity index (χ2v) is 6.27. The summed E-state index contributed by atoms with van der Waals surface area (Å²) in [6.45, 7) is 1.96. The van der Waals surface area contributed by atoms with Gasteiger partial charge in [-0.15, -0.1) is 0 Å². The molecule has 0 bridgehead atoms. The molecule has 0 fully saturated rings. The van der Waals surface area contributed by atoms with Gasteiger partial charge in [0, 0.05) is 11.4 Å². The Bertz CT molecular complexity index is 692. The smallest absolute Gasteiger partial charge is 0.229 e. The van der Waals surface area contributed by atoms with Crippen molar-refractivity contribution in [3.63, 3.8) is 0 Å². The number of aryl methyl sites for hydroxylation is 1. The van der Waals surface area contributed by atoms with E-state index in [-0.39, 0.29) is 0 Å². The van der Waals surface area contributed by atoms with Crippen LogP contribution in [0, 0.1) is 6.92 Å². The van der Waals surface area contributed by atoms with Gasteiger partial charge in [0.1, 0.15) is 0 Å². The van der Waals surface area contributed by atoms with Crippen LogP contribution in [0.4, 0.5) is 11.4 Å². The van der Waals surface area contributed by atoms with Gasteiger partial charge in [-0.25, -0.2) is 8.42 Å². The van der Waals surface area contributed by atoms with E-state index in [9.17, 15) is 8.42 Å². The molecule has 0 spiro atoms. The maximum absolute atomic E-state index is 11.1. The molecule has 0 heterocycles. The van der Waals surface area contributed by atoms with E-state index < -0.39 is 10.0 Å². The monoisotopic (exact) mass is 276 g/mol. The minimum atomic E-state index is -3.24. The summed E-state index contributed by atoms with van der Waals surface area (Å²) in [6, 6.07) is 13.0. The largest absolute Gasteiger partial charge is 0.398 e. The summed E-state index contributed by atoms with van der Waals surface area (Å²) in [5.41, 5.74) is 10.2. The average Bonchev–Trinajstić information content (AvgIpc) is 2.32. The first kappa shape index (κ1) is 13.4. The summed E-state index contributed by atoms with van der Waals surface area (Å²) < 4.78 is 24.6. The average molecular weight is 276 g/mol. The van der Waals surface area contributed by atoms with Crippen molar-refractivity contribution in [2.75, 3.05) is 16.7 Å². The summed E-state index contributed by atoms with van der Waals surface area (Å²) in [5, 5.41) is 0. The Balaban J connectivity index is 2.29.